The molecule has 4 heterocycles. The molecule has 4 rings (SSSR count). The summed E-state index contributed by atoms with van der Waals surface area (Å²) in [6, 6.07) is 1.82. The van der Waals surface area contributed by atoms with Crippen LogP contribution in [-0.2, 0) is 24.3 Å². The van der Waals surface area contributed by atoms with E-state index in [-0.39, 0.29) is 5.91 Å². The molecular weight excluding hydrogens is 330 g/mol. The van der Waals surface area contributed by atoms with Crippen LogP contribution in [0.15, 0.2) is 24.7 Å². The van der Waals surface area contributed by atoms with E-state index in [2.05, 4.69) is 29.7 Å². The van der Waals surface area contributed by atoms with Crippen LogP contribution in [-0.4, -0.2) is 68.4 Å². The summed E-state index contributed by atoms with van der Waals surface area (Å²) >= 11 is 0. The summed E-state index contributed by atoms with van der Waals surface area (Å²) in [6.45, 7) is 7.06. The van der Waals surface area contributed by atoms with Crippen LogP contribution in [0.2, 0.25) is 0 Å². The van der Waals surface area contributed by atoms with Crippen molar-refractivity contribution in [2.24, 2.45) is 0 Å². The minimum atomic E-state index is 0.158. The SMILES string of the molecule is CCc1ncc2c(n1)CN(C(=O)CN1CCN(c3ncccn3)CC1)C2. The first-order valence-corrected chi connectivity index (χ1v) is 9.08. The summed E-state index contributed by atoms with van der Waals surface area (Å²) in [4.78, 5) is 36.4. The van der Waals surface area contributed by atoms with Gasteiger partial charge in [-0.1, -0.05) is 6.92 Å². The number of amides is 1. The van der Waals surface area contributed by atoms with Crippen LogP contribution < -0.4 is 4.90 Å². The summed E-state index contributed by atoms with van der Waals surface area (Å²) in [5.74, 6) is 1.77. The lowest BCUT2D eigenvalue weighted by Gasteiger charge is -2.34. The van der Waals surface area contributed by atoms with Crippen molar-refractivity contribution in [3.8, 4) is 0 Å². The highest BCUT2D eigenvalue weighted by molar-refractivity contribution is 5.78. The maximum absolute atomic E-state index is 12.7. The van der Waals surface area contributed by atoms with Gasteiger partial charge in [-0.2, -0.15) is 0 Å². The van der Waals surface area contributed by atoms with Crippen LogP contribution in [0, 0.1) is 0 Å². The third-order valence-corrected chi connectivity index (χ3v) is 4.94. The van der Waals surface area contributed by atoms with Crippen molar-refractivity contribution >= 4 is 11.9 Å². The number of hydrogen-bond donors (Lipinski definition) is 0. The highest BCUT2D eigenvalue weighted by Gasteiger charge is 2.27. The van der Waals surface area contributed by atoms with Gasteiger partial charge in [0.1, 0.15) is 5.82 Å². The third kappa shape index (κ3) is 3.50. The molecule has 1 saturated heterocycles. The lowest BCUT2D eigenvalue weighted by Crippen LogP contribution is -2.50. The fourth-order valence-electron chi connectivity index (χ4n) is 3.39. The van der Waals surface area contributed by atoms with Gasteiger partial charge in [-0.3, -0.25) is 9.69 Å². The van der Waals surface area contributed by atoms with Gasteiger partial charge in [0.15, 0.2) is 0 Å². The van der Waals surface area contributed by atoms with Crippen LogP contribution in [0.3, 0.4) is 0 Å². The number of rotatable bonds is 4. The summed E-state index contributed by atoms with van der Waals surface area (Å²) in [5, 5.41) is 0. The molecule has 2 aliphatic heterocycles. The zero-order valence-corrected chi connectivity index (χ0v) is 15.0. The van der Waals surface area contributed by atoms with Crippen molar-refractivity contribution in [1.82, 2.24) is 29.7 Å². The Labute approximate surface area is 152 Å². The second-order valence-corrected chi connectivity index (χ2v) is 6.67. The average Bonchev–Trinajstić information content (AvgIpc) is 3.12. The summed E-state index contributed by atoms with van der Waals surface area (Å²) in [7, 11) is 0. The van der Waals surface area contributed by atoms with Crippen molar-refractivity contribution in [1.29, 1.82) is 0 Å². The average molecular weight is 353 g/mol. The maximum Gasteiger partial charge on any atom is 0.237 e. The van der Waals surface area contributed by atoms with Crippen LogP contribution in [0.5, 0.6) is 0 Å². The Hall–Kier alpha value is -2.61. The van der Waals surface area contributed by atoms with Gasteiger partial charge in [-0.15, -0.1) is 0 Å². The fourth-order valence-corrected chi connectivity index (χ4v) is 3.39. The van der Waals surface area contributed by atoms with E-state index in [9.17, 15) is 4.79 Å². The number of carbonyl (C=O) groups excluding carboxylic acids is 1. The summed E-state index contributed by atoms with van der Waals surface area (Å²) in [5.41, 5.74) is 2.07. The Balaban J connectivity index is 1.30. The molecule has 0 N–H and O–H groups in total. The molecule has 2 aromatic heterocycles. The number of anilines is 1. The molecule has 0 aliphatic carbocycles. The molecular formula is C18H23N7O. The lowest BCUT2D eigenvalue weighted by molar-refractivity contribution is -0.133. The number of fused-ring (bicyclic) bond motifs is 1. The molecule has 8 nitrogen and oxygen atoms in total. The molecule has 0 atom stereocenters. The number of nitrogens with zero attached hydrogens (tertiary/aromatic N) is 7. The number of aromatic nitrogens is 4. The van der Waals surface area contributed by atoms with Crippen LogP contribution >= 0.6 is 0 Å². The standard InChI is InChI=1S/C18H23N7O/c1-2-16-21-10-14-11-25(12-15(14)22-16)17(26)13-23-6-8-24(9-7-23)18-19-4-3-5-20-18/h3-5,10H,2,6-9,11-13H2,1H3. The van der Waals surface area contributed by atoms with Crippen molar-refractivity contribution in [3.05, 3.63) is 41.7 Å². The van der Waals surface area contributed by atoms with Gasteiger partial charge in [0.25, 0.3) is 0 Å². The largest absolute Gasteiger partial charge is 0.338 e. The predicted octanol–water partition coefficient (Wildman–Crippen LogP) is 0.493. The van der Waals surface area contributed by atoms with Gasteiger partial charge in [-0.05, 0) is 6.07 Å². The molecule has 0 bridgehead atoms. The molecule has 0 radical (unpaired) electrons. The molecule has 0 saturated carbocycles. The molecule has 2 aromatic rings. The molecule has 1 amide bonds. The first-order chi connectivity index (χ1) is 12.7. The van der Waals surface area contributed by atoms with Crippen LogP contribution in [0.4, 0.5) is 5.95 Å². The van der Waals surface area contributed by atoms with E-state index >= 15 is 0 Å². The van der Waals surface area contributed by atoms with Gasteiger partial charge in [0.2, 0.25) is 11.9 Å². The minimum absolute atomic E-state index is 0.158. The van der Waals surface area contributed by atoms with Gasteiger partial charge < -0.3 is 9.80 Å². The van der Waals surface area contributed by atoms with Crippen molar-refractivity contribution in [2.45, 2.75) is 26.4 Å². The lowest BCUT2D eigenvalue weighted by atomic mass is 10.3. The Morgan fingerprint density at radius 2 is 1.85 bits per heavy atom. The van der Waals surface area contributed by atoms with Gasteiger partial charge in [0.05, 0.1) is 18.8 Å². The van der Waals surface area contributed by atoms with E-state index < -0.39 is 0 Å². The van der Waals surface area contributed by atoms with Crippen molar-refractivity contribution in [2.75, 3.05) is 37.6 Å². The highest BCUT2D eigenvalue weighted by Crippen LogP contribution is 2.21. The molecule has 26 heavy (non-hydrogen) atoms. The van der Waals surface area contributed by atoms with Crippen molar-refractivity contribution in [3.63, 3.8) is 0 Å². The smallest absolute Gasteiger partial charge is 0.237 e. The maximum atomic E-state index is 12.7. The number of hydrogen-bond acceptors (Lipinski definition) is 7. The van der Waals surface area contributed by atoms with E-state index in [1.807, 2.05) is 24.1 Å². The van der Waals surface area contributed by atoms with Gasteiger partial charge >= 0.3 is 0 Å². The van der Waals surface area contributed by atoms with E-state index in [4.69, 9.17) is 0 Å². The minimum Gasteiger partial charge on any atom is -0.338 e. The number of aryl methyl sites for hydroxylation is 1. The van der Waals surface area contributed by atoms with E-state index in [0.29, 0.717) is 19.6 Å². The number of carbonyl (C=O) groups is 1. The molecule has 8 heteroatoms. The Kier molecular flexibility index (Phi) is 4.75. The molecule has 0 aromatic carbocycles. The number of piperazine rings is 1. The predicted molar refractivity (Wildman–Crippen MR) is 96.3 cm³/mol. The Morgan fingerprint density at radius 1 is 1.08 bits per heavy atom. The summed E-state index contributed by atoms with van der Waals surface area (Å²) in [6.07, 6.45) is 6.20. The first kappa shape index (κ1) is 16.8. The van der Waals surface area contributed by atoms with E-state index in [1.165, 1.54) is 0 Å². The monoisotopic (exact) mass is 353 g/mol. The molecule has 1 fully saturated rings. The molecule has 0 spiro atoms. The zero-order chi connectivity index (χ0) is 17.9. The van der Waals surface area contributed by atoms with Crippen molar-refractivity contribution < 1.29 is 4.79 Å². The van der Waals surface area contributed by atoms with E-state index in [1.54, 1.807) is 12.4 Å². The van der Waals surface area contributed by atoms with Gasteiger partial charge in [0, 0.05) is 63.3 Å². The summed E-state index contributed by atoms with van der Waals surface area (Å²) < 4.78 is 0. The quantitative estimate of drug-likeness (QED) is 0.792. The normalized spacial score (nSPS) is 17.4. The van der Waals surface area contributed by atoms with Crippen LogP contribution in [0.1, 0.15) is 24.0 Å². The van der Waals surface area contributed by atoms with E-state index in [0.717, 1.165) is 55.6 Å². The Morgan fingerprint density at radius 3 is 2.58 bits per heavy atom. The molecule has 2 aliphatic rings. The van der Waals surface area contributed by atoms with Crippen LogP contribution in [0.25, 0.3) is 0 Å². The molecule has 0 unspecified atom stereocenters. The van der Waals surface area contributed by atoms with Gasteiger partial charge in [-0.25, -0.2) is 19.9 Å². The first-order valence-electron chi connectivity index (χ1n) is 9.08. The molecule has 136 valence electrons. The fraction of sp³-hybridized carbons (Fsp3) is 0.500. The third-order valence-electron chi connectivity index (χ3n) is 4.94. The zero-order valence-electron chi connectivity index (χ0n) is 15.0. The highest BCUT2D eigenvalue weighted by atomic mass is 16.2. The Bertz CT molecular complexity index is 774. The topological polar surface area (TPSA) is 78.4 Å². The second-order valence-electron chi connectivity index (χ2n) is 6.67. The second kappa shape index (κ2) is 7.33.